The number of nitrogens with zero attached hydrogens (tertiary/aromatic N) is 2. The molecule has 52 heavy (non-hydrogen) atoms. The lowest BCUT2D eigenvalue weighted by Crippen LogP contribution is -2.09. The van der Waals surface area contributed by atoms with E-state index >= 15 is 0 Å². The molecule has 0 spiro atoms. The fourth-order valence-electron chi connectivity index (χ4n) is 7.87. The van der Waals surface area contributed by atoms with Crippen LogP contribution in [-0.2, 0) is 0 Å². The predicted molar refractivity (Wildman–Crippen MR) is 214 cm³/mol. The van der Waals surface area contributed by atoms with E-state index in [9.17, 15) is 8.78 Å². The van der Waals surface area contributed by atoms with Crippen molar-refractivity contribution in [2.45, 2.75) is 0 Å². The van der Waals surface area contributed by atoms with Crippen molar-refractivity contribution in [2.75, 3.05) is 4.90 Å². The molecule has 1 aromatic heterocycles. The van der Waals surface area contributed by atoms with Crippen LogP contribution < -0.4 is 4.90 Å². The first kappa shape index (κ1) is 30.1. The van der Waals surface area contributed by atoms with Gasteiger partial charge in [-0.05, 0) is 116 Å². The Morgan fingerprint density at radius 3 is 1.73 bits per heavy atom. The van der Waals surface area contributed by atoms with Gasteiger partial charge in [0, 0.05) is 33.9 Å². The number of rotatable bonds is 6. The average molecular weight is 673 g/mol. The molecular formula is C48H30F2N2. The monoisotopic (exact) mass is 672 g/mol. The molecule has 10 rings (SSSR count). The van der Waals surface area contributed by atoms with Crippen LogP contribution in [-0.4, -0.2) is 4.57 Å². The summed E-state index contributed by atoms with van der Waals surface area (Å²) in [7, 11) is 0. The highest BCUT2D eigenvalue weighted by atomic mass is 19.1. The van der Waals surface area contributed by atoms with Gasteiger partial charge in [0.05, 0.1) is 16.7 Å². The lowest BCUT2D eigenvalue weighted by molar-refractivity contribution is 0.582. The summed E-state index contributed by atoms with van der Waals surface area (Å²) in [5, 5.41) is 9.11. The van der Waals surface area contributed by atoms with Gasteiger partial charge in [-0.3, -0.25) is 0 Å². The first-order valence-corrected chi connectivity index (χ1v) is 17.4. The summed E-state index contributed by atoms with van der Waals surface area (Å²) in [6.07, 6.45) is 4.24. The second-order valence-corrected chi connectivity index (χ2v) is 13.3. The SMILES string of the molecule is Fc1cc(F)cc(-n2c3cccc4ccc5cc(/C=C/c6ccc7c(ccc8cc(N(c9ccccc9)c9ccccc9)ccc87)c6)cc2c5c43)c1. The van der Waals surface area contributed by atoms with Crippen LogP contribution in [0, 0.1) is 11.6 Å². The first-order chi connectivity index (χ1) is 25.6. The molecule has 0 fully saturated rings. The first-order valence-electron chi connectivity index (χ1n) is 17.4. The molecule has 246 valence electrons. The van der Waals surface area contributed by atoms with E-state index in [1.807, 2.05) is 28.8 Å². The summed E-state index contributed by atoms with van der Waals surface area (Å²) >= 11 is 0. The maximum atomic E-state index is 14.5. The molecule has 0 saturated carbocycles. The quantitative estimate of drug-likeness (QED) is 0.126. The van der Waals surface area contributed by atoms with Gasteiger partial charge in [0.1, 0.15) is 11.6 Å². The molecule has 4 heteroatoms. The zero-order valence-corrected chi connectivity index (χ0v) is 28.0. The molecule has 0 aliphatic heterocycles. The summed E-state index contributed by atoms with van der Waals surface area (Å²) in [6, 6.07) is 56.9. The largest absolute Gasteiger partial charge is 0.310 e. The molecule has 0 saturated heterocycles. The molecule has 2 nitrogen and oxygen atoms in total. The van der Waals surface area contributed by atoms with Crippen molar-refractivity contribution in [1.29, 1.82) is 0 Å². The molecular weight excluding hydrogens is 643 g/mol. The van der Waals surface area contributed by atoms with Gasteiger partial charge in [-0.2, -0.15) is 0 Å². The molecule has 0 amide bonds. The van der Waals surface area contributed by atoms with Crippen LogP contribution in [0.3, 0.4) is 0 Å². The highest BCUT2D eigenvalue weighted by Crippen LogP contribution is 2.41. The van der Waals surface area contributed by atoms with Crippen molar-refractivity contribution in [1.82, 2.24) is 4.57 Å². The van der Waals surface area contributed by atoms with Crippen LogP contribution in [0.1, 0.15) is 11.1 Å². The third-order valence-corrected chi connectivity index (χ3v) is 10.1. The number of halogens is 2. The van der Waals surface area contributed by atoms with Crippen molar-refractivity contribution >= 4 is 83.3 Å². The minimum Gasteiger partial charge on any atom is -0.310 e. The summed E-state index contributed by atoms with van der Waals surface area (Å²) in [5.74, 6) is -1.20. The molecule has 10 aromatic rings. The van der Waals surface area contributed by atoms with Gasteiger partial charge >= 0.3 is 0 Å². The number of hydrogen-bond donors (Lipinski definition) is 0. The Kier molecular flexibility index (Phi) is 6.90. The number of hydrogen-bond acceptors (Lipinski definition) is 1. The second-order valence-electron chi connectivity index (χ2n) is 13.3. The van der Waals surface area contributed by atoms with E-state index in [1.165, 1.54) is 33.7 Å². The topological polar surface area (TPSA) is 8.17 Å². The Morgan fingerprint density at radius 2 is 1.00 bits per heavy atom. The summed E-state index contributed by atoms with van der Waals surface area (Å²) in [5.41, 5.74) is 7.71. The maximum absolute atomic E-state index is 14.5. The van der Waals surface area contributed by atoms with Gasteiger partial charge < -0.3 is 9.47 Å². The van der Waals surface area contributed by atoms with E-state index in [0.717, 1.165) is 66.8 Å². The van der Waals surface area contributed by atoms with Crippen molar-refractivity contribution in [3.05, 3.63) is 193 Å². The molecule has 0 unspecified atom stereocenters. The lowest BCUT2D eigenvalue weighted by Gasteiger charge is -2.25. The van der Waals surface area contributed by atoms with E-state index in [1.54, 1.807) is 0 Å². The molecule has 0 aliphatic carbocycles. The third-order valence-electron chi connectivity index (χ3n) is 10.1. The van der Waals surface area contributed by atoms with Gasteiger partial charge in [0.25, 0.3) is 0 Å². The van der Waals surface area contributed by atoms with Crippen LogP contribution in [0.15, 0.2) is 170 Å². The van der Waals surface area contributed by atoms with Gasteiger partial charge in [0.2, 0.25) is 0 Å². The van der Waals surface area contributed by atoms with E-state index in [4.69, 9.17) is 0 Å². The third kappa shape index (κ3) is 4.99. The second kappa shape index (κ2) is 11.9. The molecule has 0 aliphatic rings. The van der Waals surface area contributed by atoms with Crippen LogP contribution in [0.25, 0.3) is 72.0 Å². The van der Waals surface area contributed by atoms with Gasteiger partial charge in [-0.25, -0.2) is 8.78 Å². The fourth-order valence-corrected chi connectivity index (χ4v) is 7.87. The maximum Gasteiger partial charge on any atom is 0.128 e. The van der Waals surface area contributed by atoms with Gasteiger partial charge in [-0.15, -0.1) is 0 Å². The number of fused-ring (bicyclic) bond motifs is 3. The van der Waals surface area contributed by atoms with E-state index < -0.39 is 11.6 Å². The Bertz CT molecular complexity index is 2920. The van der Waals surface area contributed by atoms with E-state index in [0.29, 0.717) is 5.69 Å². The highest BCUT2D eigenvalue weighted by molar-refractivity contribution is 6.24. The van der Waals surface area contributed by atoms with E-state index in [2.05, 4.69) is 144 Å². The Balaban J connectivity index is 1.03. The van der Waals surface area contributed by atoms with Crippen molar-refractivity contribution in [3.63, 3.8) is 0 Å². The predicted octanol–water partition coefficient (Wildman–Crippen LogP) is 13.6. The zero-order valence-electron chi connectivity index (χ0n) is 28.0. The summed E-state index contributed by atoms with van der Waals surface area (Å²) in [4.78, 5) is 2.29. The number of para-hydroxylation sites is 2. The molecule has 0 radical (unpaired) electrons. The minimum absolute atomic E-state index is 0.463. The van der Waals surface area contributed by atoms with Crippen LogP contribution >= 0.6 is 0 Å². The van der Waals surface area contributed by atoms with Crippen LogP contribution in [0.5, 0.6) is 0 Å². The van der Waals surface area contributed by atoms with Gasteiger partial charge in [0.15, 0.2) is 0 Å². The zero-order chi connectivity index (χ0) is 34.8. The van der Waals surface area contributed by atoms with Crippen molar-refractivity contribution in [3.8, 4) is 5.69 Å². The molecule has 0 N–H and O–H groups in total. The Labute approximate surface area is 299 Å². The Hall–Kier alpha value is -6.78. The molecule has 1 heterocycles. The summed E-state index contributed by atoms with van der Waals surface area (Å²) < 4.78 is 30.9. The standard InChI is InChI=1S/C48H30F2N2/c49-37-28-38(50)30-42(29-37)52-45-13-7-8-33-17-20-36-25-32(26-46(52)48(36)47(33)45)15-14-31-16-22-43-34(24-31)18-19-35-27-41(21-23-44(35)43)51(39-9-3-1-4-10-39)40-11-5-2-6-12-40/h1-30H/b15-14+. The van der Waals surface area contributed by atoms with Crippen molar-refractivity contribution < 1.29 is 8.78 Å². The van der Waals surface area contributed by atoms with Crippen molar-refractivity contribution in [2.24, 2.45) is 0 Å². The number of anilines is 3. The molecule has 0 atom stereocenters. The normalized spacial score (nSPS) is 12.0. The lowest BCUT2D eigenvalue weighted by atomic mass is 9.98. The fraction of sp³-hybridized carbons (Fsp3) is 0. The highest BCUT2D eigenvalue weighted by Gasteiger charge is 2.18. The summed E-state index contributed by atoms with van der Waals surface area (Å²) in [6.45, 7) is 0. The Morgan fingerprint density at radius 1 is 0.404 bits per heavy atom. The van der Waals surface area contributed by atoms with Crippen LogP contribution in [0.4, 0.5) is 25.8 Å². The van der Waals surface area contributed by atoms with E-state index in [-0.39, 0.29) is 0 Å². The number of benzene rings is 9. The average Bonchev–Trinajstić information content (AvgIpc) is 3.51. The minimum atomic E-state index is -0.601. The smallest absolute Gasteiger partial charge is 0.128 e. The molecule has 9 aromatic carbocycles. The molecule has 0 bridgehead atoms. The number of aromatic nitrogens is 1. The van der Waals surface area contributed by atoms with Crippen LogP contribution in [0.2, 0.25) is 0 Å². The van der Waals surface area contributed by atoms with Gasteiger partial charge in [-0.1, -0.05) is 103 Å².